The first kappa shape index (κ1) is 11.2. The van der Waals surface area contributed by atoms with Crippen molar-refractivity contribution in [3.8, 4) is 0 Å². The fourth-order valence-corrected chi connectivity index (χ4v) is 2.46. The largest absolute Gasteiger partial charge is 0.335 e. The number of carbonyl (C=O) groups excluding carboxylic acids is 1. The Kier molecular flexibility index (Phi) is 2.93. The molecular weight excluding hydrogens is 248 g/mol. The maximum Gasteiger partial charge on any atom is 0.246 e. The number of amides is 1. The molecule has 0 bridgehead atoms. The van der Waals surface area contributed by atoms with Crippen LogP contribution in [0.2, 0.25) is 0 Å². The number of hydrogen-bond donors (Lipinski definition) is 0. The standard InChI is InChI=1S/C12H12N4OS/c17-12(4-3-11-2-1-7-18-11)15-8-10(9-15)16-13-5-6-14-16/h1-7,10H,8-9H2/b4-3+. The molecule has 1 fully saturated rings. The Labute approximate surface area is 108 Å². The average Bonchev–Trinajstić information content (AvgIpc) is 2.97. The van der Waals surface area contributed by atoms with Crippen molar-refractivity contribution in [3.05, 3.63) is 40.9 Å². The molecule has 5 nitrogen and oxygen atoms in total. The third kappa shape index (κ3) is 2.19. The Hall–Kier alpha value is -1.95. The van der Waals surface area contributed by atoms with Gasteiger partial charge < -0.3 is 4.90 Å². The molecule has 1 saturated heterocycles. The number of carbonyl (C=O) groups is 1. The average molecular weight is 260 g/mol. The molecular formula is C12H12N4OS. The lowest BCUT2D eigenvalue weighted by Crippen LogP contribution is -2.50. The first-order valence-corrected chi connectivity index (χ1v) is 6.57. The summed E-state index contributed by atoms with van der Waals surface area (Å²) in [5.74, 6) is 0.0480. The number of rotatable bonds is 3. The van der Waals surface area contributed by atoms with Crippen molar-refractivity contribution in [2.75, 3.05) is 13.1 Å². The van der Waals surface area contributed by atoms with Gasteiger partial charge in [-0.3, -0.25) is 4.79 Å². The maximum absolute atomic E-state index is 11.8. The SMILES string of the molecule is O=C(/C=C/c1cccs1)N1CC(n2nccn2)C1. The second kappa shape index (κ2) is 4.73. The highest BCUT2D eigenvalue weighted by atomic mass is 32.1. The molecule has 1 aliphatic rings. The zero-order valence-electron chi connectivity index (χ0n) is 9.64. The minimum absolute atomic E-state index is 0.0480. The maximum atomic E-state index is 11.8. The van der Waals surface area contributed by atoms with Gasteiger partial charge in [0.1, 0.15) is 6.04 Å². The zero-order chi connectivity index (χ0) is 12.4. The molecule has 0 aliphatic carbocycles. The molecule has 18 heavy (non-hydrogen) atoms. The summed E-state index contributed by atoms with van der Waals surface area (Å²) in [4.78, 5) is 16.4. The van der Waals surface area contributed by atoms with Crippen LogP contribution < -0.4 is 0 Å². The molecule has 0 spiro atoms. The lowest BCUT2D eigenvalue weighted by atomic mass is 10.1. The molecule has 0 unspecified atom stereocenters. The van der Waals surface area contributed by atoms with E-state index in [1.807, 2.05) is 23.6 Å². The van der Waals surface area contributed by atoms with Crippen LogP contribution >= 0.6 is 11.3 Å². The van der Waals surface area contributed by atoms with Crippen LogP contribution in [0.15, 0.2) is 36.0 Å². The van der Waals surface area contributed by atoms with E-state index in [2.05, 4.69) is 10.2 Å². The van der Waals surface area contributed by atoms with Gasteiger partial charge >= 0.3 is 0 Å². The van der Waals surface area contributed by atoms with E-state index in [1.165, 1.54) is 0 Å². The summed E-state index contributed by atoms with van der Waals surface area (Å²) >= 11 is 1.62. The fraction of sp³-hybridized carbons (Fsp3) is 0.250. The van der Waals surface area contributed by atoms with Crippen LogP contribution in [0.3, 0.4) is 0 Å². The van der Waals surface area contributed by atoms with Crippen LogP contribution in [0.5, 0.6) is 0 Å². The second-order valence-corrected chi connectivity index (χ2v) is 5.07. The minimum atomic E-state index is 0.0480. The van der Waals surface area contributed by atoms with Gasteiger partial charge in [-0.15, -0.1) is 11.3 Å². The molecule has 6 heteroatoms. The second-order valence-electron chi connectivity index (χ2n) is 4.10. The molecule has 1 aliphatic heterocycles. The summed E-state index contributed by atoms with van der Waals surface area (Å²) in [6.07, 6.45) is 6.79. The van der Waals surface area contributed by atoms with E-state index in [1.54, 1.807) is 39.5 Å². The van der Waals surface area contributed by atoms with Crippen LogP contribution in [-0.2, 0) is 4.79 Å². The summed E-state index contributed by atoms with van der Waals surface area (Å²) < 4.78 is 0. The Bertz CT molecular complexity index is 541. The molecule has 2 aromatic heterocycles. The van der Waals surface area contributed by atoms with Gasteiger partial charge in [0.25, 0.3) is 0 Å². The highest BCUT2D eigenvalue weighted by molar-refractivity contribution is 7.10. The third-order valence-corrected chi connectivity index (χ3v) is 3.71. The lowest BCUT2D eigenvalue weighted by Gasteiger charge is -2.37. The number of nitrogens with zero attached hydrogens (tertiary/aromatic N) is 4. The molecule has 3 rings (SSSR count). The minimum Gasteiger partial charge on any atom is -0.335 e. The quantitative estimate of drug-likeness (QED) is 0.785. The molecule has 0 aromatic carbocycles. The summed E-state index contributed by atoms with van der Waals surface area (Å²) in [5.41, 5.74) is 0. The van der Waals surface area contributed by atoms with E-state index >= 15 is 0 Å². The first-order valence-electron chi connectivity index (χ1n) is 5.69. The number of thiophene rings is 1. The van der Waals surface area contributed by atoms with E-state index in [4.69, 9.17) is 0 Å². The van der Waals surface area contributed by atoms with E-state index in [-0.39, 0.29) is 11.9 Å². The highest BCUT2D eigenvalue weighted by Gasteiger charge is 2.31. The zero-order valence-corrected chi connectivity index (χ0v) is 10.5. The van der Waals surface area contributed by atoms with Gasteiger partial charge in [0.15, 0.2) is 0 Å². The topological polar surface area (TPSA) is 51.0 Å². The Balaban J connectivity index is 1.54. The molecule has 0 atom stereocenters. The van der Waals surface area contributed by atoms with Gasteiger partial charge in [-0.2, -0.15) is 15.0 Å². The van der Waals surface area contributed by atoms with Crippen molar-refractivity contribution >= 4 is 23.3 Å². The highest BCUT2D eigenvalue weighted by Crippen LogP contribution is 2.19. The van der Waals surface area contributed by atoms with Gasteiger partial charge in [-0.05, 0) is 17.5 Å². The van der Waals surface area contributed by atoms with Crippen LogP contribution in [0.4, 0.5) is 0 Å². The van der Waals surface area contributed by atoms with E-state index < -0.39 is 0 Å². The van der Waals surface area contributed by atoms with Gasteiger partial charge in [0, 0.05) is 24.0 Å². The predicted molar refractivity (Wildman–Crippen MR) is 69.0 cm³/mol. The number of hydrogen-bond acceptors (Lipinski definition) is 4. The van der Waals surface area contributed by atoms with Crippen molar-refractivity contribution in [2.24, 2.45) is 0 Å². The van der Waals surface area contributed by atoms with Crippen LogP contribution in [0.1, 0.15) is 10.9 Å². The number of aromatic nitrogens is 3. The monoisotopic (exact) mass is 260 g/mol. The molecule has 0 N–H and O–H groups in total. The normalized spacial score (nSPS) is 16.1. The Morgan fingerprint density at radius 1 is 1.39 bits per heavy atom. The summed E-state index contributed by atoms with van der Waals surface area (Å²) in [6.45, 7) is 1.37. The van der Waals surface area contributed by atoms with Gasteiger partial charge in [-0.25, -0.2) is 0 Å². The van der Waals surface area contributed by atoms with Crippen molar-refractivity contribution in [2.45, 2.75) is 6.04 Å². The van der Waals surface area contributed by atoms with Crippen molar-refractivity contribution < 1.29 is 4.79 Å². The predicted octanol–water partition coefficient (Wildman–Crippen LogP) is 1.44. The summed E-state index contributed by atoms with van der Waals surface area (Å²) in [6, 6.07) is 4.18. The third-order valence-electron chi connectivity index (χ3n) is 2.87. The molecule has 0 saturated carbocycles. The number of likely N-dealkylation sites (tertiary alicyclic amines) is 1. The molecule has 0 radical (unpaired) electrons. The smallest absolute Gasteiger partial charge is 0.246 e. The molecule has 3 heterocycles. The van der Waals surface area contributed by atoms with Crippen LogP contribution in [0.25, 0.3) is 6.08 Å². The molecule has 2 aromatic rings. The van der Waals surface area contributed by atoms with Crippen molar-refractivity contribution in [3.63, 3.8) is 0 Å². The Morgan fingerprint density at radius 2 is 2.17 bits per heavy atom. The van der Waals surface area contributed by atoms with E-state index in [0.29, 0.717) is 13.1 Å². The molecule has 1 amide bonds. The van der Waals surface area contributed by atoms with Gasteiger partial charge in [0.2, 0.25) is 5.91 Å². The van der Waals surface area contributed by atoms with Crippen LogP contribution in [0, 0.1) is 0 Å². The molecule has 92 valence electrons. The fourth-order valence-electron chi connectivity index (χ4n) is 1.84. The Morgan fingerprint density at radius 3 is 2.83 bits per heavy atom. The van der Waals surface area contributed by atoms with E-state index in [9.17, 15) is 4.79 Å². The van der Waals surface area contributed by atoms with E-state index in [0.717, 1.165) is 4.88 Å². The van der Waals surface area contributed by atoms with Crippen LogP contribution in [-0.4, -0.2) is 38.9 Å². The summed E-state index contributed by atoms with van der Waals surface area (Å²) in [7, 11) is 0. The lowest BCUT2D eigenvalue weighted by molar-refractivity contribution is -0.131. The first-order chi connectivity index (χ1) is 8.83. The van der Waals surface area contributed by atoms with Gasteiger partial charge in [0.05, 0.1) is 12.4 Å². The van der Waals surface area contributed by atoms with Crippen molar-refractivity contribution in [1.29, 1.82) is 0 Å². The van der Waals surface area contributed by atoms with Crippen molar-refractivity contribution in [1.82, 2.24) is 19.9 Å². The summed E-state index contributed by atoms with van der Waals surface area (Å²) in [5, 5.41) is 10.1. The van der Waals surface area contributed by atoms with Gasteiger partial charge in [-0.1, -0.05) is 6.07 Å².